The second-order valence-corrected chi connectivity index (χ2v) is 4.43. The Kier molecular flexibility index (Phi) is 6.08. The van der Waals surface area contributed by atoms with E-state index in [0.717, 1.165) is 17.8 Å². The number of amides is 1. The van der Waals surface area contributed by atoms with Crippen molar-refractivity contribution in [1.29, 1.82) is 0 Å². The van der Waals surface area contributed by atoms with E-state index in [1.807, 2.05) is 6.92 Å². The summed E-state index contributed by atoms with van der Waals surface area (Å²) >= 11 is 5.64. The molecule has 1 aromatic rings. The zero-order chi connectivity index (χ0) is 15.1. The van der Waals surface area contributed by atoms with Gasteiger partial charge in [-0.3, -0.25) is 14.9 Å². The Bertz CT molecular complexity index is 533. The van der Waals surface area contributed by atoms with E-state index in [1.54, 1.807) is 0 Å². The summed E-state index contributed by atoms with van der Waals surface area (Å²) in [6, 6.07) is 1.16. The highest BCUT2D eigenvalue weighted by Crippen LogP contribution is 2.19. The lowest BCUT2D eigenvalue weighted by atomic mass is 10.2. The average Bonchev–Trinajstić information content (AvgIpc) is 2.37. The van der Waals surface area contributed by atoms with Crippen molar-refractivity contribution < 1.29 is 14.5 Å². The molecule has 7 nitrogen and oxygen atoms in total. The maximum atomic E-state index is 11.8. The number of carbonyl (C=O) groups is 1. The Morgan fingerprint density at radius 1 is 1.65 bits per heavy atom. The first-order valence-electron chi connectivity index (χ1n) is 5.72. The zero-order valence-electron chi connectivity index (χ0n) is 10.9. The van der Waals surface area contributed by atoms with Crippen LogP contribution in [0.25, 0.3) is 0 Å². The minimum Gasteiger partial charge on any atom is -0.375 e. The molecular formula is C12H14ClN3O4. The van der Waals surface area contributed by atoms with Crippen LogP contribution in [0.2, 0.25) is 5.15 Å². The van der Waals surface area contributed by atoms with Crippen molar-refractivity contribution >= 4 is 23.2 Å². The second-order valence-electron chi connectivity index (χ2n) is 4.05. The summed E-state index contributed by atoms with van der Waals surface area (Å²) in [5, 5.41) is 13.3. The van der Waals surface area contributed by atoms with Crippen LogP contribution >= 0.6 is 11.6 Å². The molecule has 1 heterocycles. The highest BCUT2D eigenvalue weighted by atomic mass is 35.5. The predicted molar refractivity (Wildman–Crippen MR) is 73.9 cm³/mol. The number of rotatable bonds is 7. The van der Waals surface area contributed by atoms with E-state index in [1.165, 1.54) is 0 Å². The molecular weight excluding hydrogens is 286 g/mol. The summed E-state index contributed by atoms with van der Waals surface area (Å²) in [6.45, 7) is 6.40. The van der Waals surface area contributed by atoms with Crippen molar-refractivity contribution in [2.45, 2.75) is 6.92 Å². The van der Waals surface area contributed by atoms with Crippen molar-refractivity contribution in [2.24, 2.45) is 0 Å². The van der Waals surface area contributed by atoms with Gasteiger partial charge in [0.1, 0.15) is 16.9 Å². The van der Waals surface area contributed by atoms with Crippen LogP contribution < -0.4 is 5.32 Å². The molecule has 8 heteroatoms. The molecule has 0 aliphatic heterocycles. The molecule has 1 aromatic heterocycles. The molecule has 1 rings (SSSR count). The molecule has 0 spiro atoms. The molecule has 0 aromatic carbocycles. The summed E-state index contributed by atoms with van der Waals surface area (Å²) in [5.74, 6) is -0.597. The maximum Gasteiger partial charge on any atom is 0.300 e. The lowest BCUT2D eigenvalue weighted by molar-refractivity contribution is -0.385. The number of ether oxygens (including phenoxy) is 1. The largest absolute Gasteiger partial charge is 0.375 e. The van der Waals surface area contributed by atoms with E-state index >= 15 is 0 Å². The van der Waals surface area contributed by atoms with Gasteiger partial charge < -0.3 is 10.1 Å². The summed E-state index contributed by atoms with van der Waals surface area (Å²) in [5.41, 5.74) is 0.345. The number of pyridine rings is 1. The normalized spacial score (nSPS) is 10.1. The first-order chi connectivity index (χ1) is 9.41. The molecule has 0 fully saturated rings. The van der Waals surface area contributed by atoms with Gasteiger partial charge in [0.15, 0.2) is 0 Å². The molecule has 0 radical (unpaired) electrons. The molecule has 108 valence electrons. The summed E-state index contributed by atoms with van der Waals surface area (Å²) < 4.78 is 5.20. The molecule has 1 amide bonds. The molecule has 0 aliphatic carbocycles. The van der Waals surface area contributed by atoms with E-state index in [0.29, 0.717) is 6.61 Å². The van der Waals surface area contributed by atoms with Gasteiger partial charge >= 0.3 is 0 Å². The molecule has 1 N–H and O–H groups in total. The third-order valence-corrected chi connectivity index (χ3v) is 2.38. The Balaban J connectivity index is 2.61. The van der Waals surface area contributed by atoms with E-state index < -0.39 is 16.5 Å². The van der Waals surface area contributed by atoms with Gasteiger partial charge in [-0.05, 0) is 13.0 Å². The lowest BCUT2D eigenvalue weighted by Crippen LogP contribution is -2.28. The second kappa shape index (κ2) is 7.56. The van der Waals surface area contributed by atoms with Crippen molar-refractivity contribution in [3.63, 3.8) is 0 Å². The van der Waals surface area contributed by atoms with Crippen molar-refractivity contribution in [2.75, 3.05) is 19.8 Å². The van der Waals surface area contributed by atoms with Crippen LogP contribution in [0.15, 0.2) is 24.4 Å². The minimum absolute atomic E-state index is 0.0132. The number of nitrogens with zero attached hydrogens (tertiary/aromatic N) is 2. The van der Waals surface area contributed by atoms with E-state index in [2.05, 4.69) is 16.9 Å². The van der Waals surface area contributed by atoms with Gasteiger partial charge in [0.05, 0.1) is 18.1 Å². The van der Waals surface area contributed by atoms with Gasteiger partial charge in [-0.15, -0.1) is 0 Å². The minimum atomic E-state index is -0.685. The highest BCUT2D eigenvalue weighted by Gasteiger charge is 2.20. The Morgan fingerprint density at radius 2 is 2.35 bits per heavy atom. The number of carbonyl (C=O) groups excluding carboxylic acids is 1. The number of nitrogens with one attached hydrogen (secondary N) is 1. The van der Waals surface area contributed by atoms with Crippen LogP contribution in [0.3, 0.4) is 0 Å². The fraction of sp³-hybridized carbons (Fsp3) is 0.333. The monoisotopic (exact) mass is 299 g/mol. The third-order valence-electron chi connectivity index (χ3n) is 2.17. The van der Waals surface area contributed by atoms with Crippen LogP contribution in [0.4, 0.5) is 5.69 Å². The predicted octanol–water partition coefficient (Wildman–Crippen LogP) is 1.97. The summed E-state index contributed by atoms with van der Waals surface area (Å²) in [4.78, 5) is 25.5. The van der Waals surface area contributed by atoms with Crippen LogP contribution in [0.5, 0.6) is 0 Å². The van der Waals surface area contributed by atoms with E-state index in [-0.39, 0.29) is 23.9 Å². The number of hydrogen-bond donors (Lipinski definition) is 1. The average molecular weight is 300 g/mol. The zero-order valence-corrected chi connectivity index (χ0v) is 11.6. The van der Waals surface area contributed by atoms with E-state index in [9.17, 15) is 14.9 Å². The first kappa shape index (κ1) is 16.1. The van der Waals surface area contributed by atoms with Crippen LogP contribution in [-0.4, -0.2) is 35.6 Å². The Hall–Kier alpha value is -1.99. The quantitative estimate of drug-likeness (QED) is 0.273. The molecule has 0 saturated carbocycles. The van der Waals surface area contributed by atoms with Crippen molar-refractivity contribution in [3.8, 4) is 0 Å². The van der Waals surface area contributed by atoms with Gasteiger partial charge in [-0.25, -0.2) is 4.98 Å². The Labute approximate surface area is 120 Å². The number of aromatic nitrogens is 1. The summed E-state index contributed by atoms with van der Waals surface area (Å²) in [6.07, 6.45) is 0.953. The molecule has 0 saturated heterocycles. The van der Waals surface area contributed by atoms with Crippen LogP contribution in [0, 0.1) is 10.1 Å². The van der Waals surface area contributed by atoms with Gasteiger partial charge in [-0.1, -0.05) is 23.8 Å². The Morgan fingerprint density at radius 3 is 2.95 bits per heavy atom. The number of nitro groups is 1. The SMILES string of the molecule is C=C(C)COCCNC(=O)c1cc(Cl)ncc1[N+](=O)[O-]. The lowest BCUT2D eigenvalue weighted by Gasteiger charge is -2.07. The van der Waals surface area contributed by atoms with Gasteiger partial charge in [0.25, 0.3) is 11.6 Å². The molecule has 0 unspecified atom stereocenters. The number of hydrogen-bond acceptors (Lipinski definition) is 5. The van der Waals surface area contributed by atoms with Gasteiger partial charge in [0.2, 0.25) is 0 Å². The molecule has 0 aliphatic rings. The van der Waals surface area contributed by atoms with Crippen LogP contribution in [-0.2, 0) is 4.74 Å². The van der Waals surface area contributed by atoms with Crippen molar-refractivity contribution in [3.05, 3.63) is 45.2 Å². The van der Waals surface area contributed by atoms with Gasteiger partial charge in [-0.2, -0.15) is 0 Å². The molecule has 0 atom stereocenters. The smallest absolute Gasteiger partial charge is 0.300 e. The summed E-state index contributed by atoms with van der Waals surface area (Å²) in [7, 11) is 0. The molecule has 0 bridgehead atoms. The maximum absolute atomic E-state index is 11.8. The van der Waals surface area contributed by atoms with Crippen molar-refractivity contribution in [1.82, 2.24) is 10.3 Å². The standard InChI is InChI=1S/C12H14ClN3O4/c1-8(2)7-20-4-3-14-12(17)9-5-11(13)15-6-10(9)16(18)19/h5-6H,1,3-4,7H2,2H3,(H,14,17). The topological polar surface area (TPSA) is 94.4 Å². The van der Waals surface area contributed by atoms with E-state index in [4.69, 9.17) is 16.3 Å². The third kappa shape index (κ3) is 4.94. The fourth-order valence-corrected chi connectivity index (χ4v) is 1.49. The van der Waals surface area contributed by atoms with Crippen LogP contribution in [0.1, 0.15) is 17.3 Å². The molecule has 20 heavy (non-hydrogen) atoms. The number of halogens is 1. The first-order valence-corrected chi connectivity index (χ1v) is 6.10. The highest BCUT2D eigenvalue weighted by molar-refractivity contribution is 6.29. The van der Waals surface area contributed by atoms with Gasteiger partial charge in [0, 0.05) is 6.54 Å². The fourth-order valence-electron chi connectivity index (χ4n) is 1.33.